The molecular formula is C6H6FO5P. The molecule has 0 aliphatic carbocycles. The summed E-state index contributed by atoms with van der Waals surface area (Å²) in [7, 11) is -4.66. The van der Waals surface area contributed by atoms with Gasteiger partial charge in [0.1, 0.15) is 11.5 Å². The molecule has 1 aromatic carbocycles. The number of phenols is 1. The van der Waals surface area contributed by atoms with Crippen molar-refractivity contribution >= 4 is 7.82 Å². The van der Waals surface area contributed by atoms with Crippen LogP contribution < -0.4 is 4.52 Å². The van der Waals surface area contributed by atoms with Crippen molar-refractivity contribution in [2.45, 2.75) is 0 Å². The second kappa shape index (κ2) is 3.74. The minimum atomic E-state index is -4.66. The Morgan fingerprint density at radius 2 is 1.85 bits per heavy atom. The first-order valence-electron chi connectivity index (χ1n) is 3.15. The molecule has 0 aliphatic heterocycles. The molecule has 1 unspecified atom stereocenters. The predicted molar refractivity (Wildman–Crippen MR) is 40.8 cm³/mol. The van der Waals surface area contributed by atoms with Gasteiger partial charge in [0.15, 0.2) is 0 Å². The Balaban J connectivity index is 2.75. The Bertz CT molecular complexity index is 324. The van der Waals surface area contributed by atoms with Crippen molar-refractivity contribution in [2.75, 3.05) is 0 Å². The highest BCUT2D eigenvalue weighted by molar-refractivity contribution is 7.47. The molecule has 0 heterocycles. The zero-order chi connectivity index (χ0) is 9.90. The zero-order valence-electron chi connectivity index (χ0n) is 6.25. The summed E-state index contributed by atoms with van der Waals surface area (Å²) in [5.41, 5.74) is 0. The van der Waals surface area contributed by atoms with E-state index in [1.165, 1.54) is 24.3 Å². The maximum Gasteiger partial charge on any atom is 0.559 e. The molecule has 0 aromatic heterocycles. The molecule has 0 aliphatic rings. The first-order chi connectivity index (χ1) is 6.03. The van der Waals surface area contributed by atoms with Gasteiger partial charge in [-0.15, -0.1) is 0 Å². The van der Waals surface area contributed by atoms with E-state index in [1.54, 1.807) is 0 Å². The Labute approximate surface area is 72.9 Å². The van der Waals surface area contributed by atoms with Gasteiger partial charge in [0.25, 0.3) is 0 Å². The molecule has 72 valence electrons. The third-order valence-electron chi connectivity index (χ3n) is 1.14. The van der Waals surface area contributed by atoms with Gasteiger partial charge in [-0.2, -0.15) is 0 Å². The van der Waals surface area contributed by atoms with E-state index in [4.69, 9.17) is 10.00 Å². The van der Waals surface area contributed by atoms with E-state index in [1.807, 2.05) is 0 Å². The summed E-state index contributed by atoms with van der Waals surface area (Å²) in [5, 5.41) is 8.82. The number of benzene rings is 1. The summed E-state index contributed by atoms with van der Waals surface area (Å²) in [6.45, 7) is 0. The highest BCUT2D eigenvalue weighted by Gasteiger charge is 2.23. The van der Waals surface area contributed by atoms with Crippen molar-refractivity contribution in [1.29, 1.82) is 0 Å². The maximum atomic E-state index is 11.3. The molecule has 0 amide bonds. The highest BCUT2D eigenvalue weighted by Crippen LogP contribution is 2.44. The third-order valence-corrected chi connectivity index (χ3v) is 1.76. The highest BCUT2D eigenvalue weighted by atomic mass is 31.2. The van der Waals surface area contributed by atoms with Gasteiger partial charge in [0.05, 0.1) is 0 Å². The lowest BCUT2D eigenvalue weighted by Gasteiger charge is -2.06. The number of hydrogen-bond donors (Lipinski definition) is 2. The lowest BCUT2D eigenvalue weighted by atomic mass is 10.3. The molecule has 0 fully saturated rings. The van der Waals surface area contributed by atoms with Crippen molar-refractivity contribution in [3.63, 3.8) is 0 Å². The second-order valence-electron chi connectivity index (χ2n) is 2.12. The number of rotatable bonds is 3. The Morgan fingerprint density at radius 3 is 2.31 bits per heavy atom. The van der Waals surface area contributed by atoms with Gasteiger partial charge in [0, 0.05) is 0 Å². The van der Waals surface area contributed by atoms with E-state index in [9.17, 15) is 9.09 Å². The Kier molecular flexibility index (Phi) is 2.87. The van der Waals surface area contributed by atoms with E-state index >= 15 is 0 Å². The summed E-state index contributed by atoms with van der Waals surface area (Å²) >= 11 is 0. The van der Waals surface area contributed by atoms with E-state index in [0.717, 1.165) is 0 Å². The summed E-state index contributed by atoms with van der Waals surface area (Å²) in [6, 6.07) is 4.82. The van der Waals surface area contributed by atoms with Crippen LogP contribution in [0.1, 0.15) is 0 Å². The molecule has 0 spiro atoms. The van der Waals surface area contributed by atoms with Crippen LogP contribution in [-0.2, 0) is 9.29 Å². The molecule has 0 saturated heterocycles. The molecule has 1 aromatic rings. The quantitative estimate of drug-likeness (QED) is 0.740. The van der Waals surface area contributed by atoms with E-state index in [0.29, 0.717) is 0 Å². The van der Waals surface area contributed by atoms with Gasteiger partial charge in [-0.05, 0) is 28.8 Å². The van der Waals surface area contributed by atoms with Crippen LogP contribution in [0.25, 0.3) is 0 Å². The van der Waals surface area contributed by atoms with E-state index < -0.39 is 7.82 Å². The van der Waals surface area contributed by atoms with Crippen LogP contribution in [-0.4, -0.2) is 10.00 Å². The summed E-state index contributed by atoms with van der Waals surface area (Å²) < 4.78 is 28.8. The van der Waals surface area contributed by atoms with Crippen LogP contribution in [0.3, 0.4) is 0 Å². The van der Waals surface area contributed by atoms with Crippen LogP contribution in [0.15, 0.2) is 24.3 Å². The van der Waals surface area contributed by atoms with Crippen LogP contribution in [0.4, 0.5) is 4.53 Å². The van der Waals surface area contributed by atoms with Gasteiger partial charge in [-0.3, -0.25) is 4.89 Å². The van der Waals surface area contributed by atoms with Gasteiger partial charge < -0.3 is 9.63 Å². The average Bonchev–Trinajstić information content (AvgIpc) is 2.09. The third kappa shape index (κ3) is 3.02. The first kappa shape index (κ1) is 9.98. The number of phosphoric ester groups is 1. The van der Waals surface area contributed by atoms with E-state index in [-0.39, 0.29) is 11.5 Å². The molecule has 13 heavy (non-hydrogen) atoms. The summed E-state index contributed by atoms with van der Waals surface area (Å²) in [5.74, 6) is -0.123. The monoisotopic (exact) mass is 208 g/mol. The van der Waals surface area contributed by atoms with Crippen molar-refractivity contribution in [3.8, 4) is 11.5 Å². The molecule has 1 atom stereocenters. The van der Waals surface area contributed by atoms with Crippen LogP contribution in [0.2, 0.25) is 0 Å². The molecule has 1 rings (SSSR count). The molecule has 0 radical (unpaired) electrons. The Hall–Kier alpha value is -1.10. The van der Waals surface area contributed by atoms with Crippen LogP contribution in [0.5, 0.6) is 11.5 Å². The molecule has 2 N–H and O–H groups in total. The minimum Gasteiger partial charge on any atom is -0.508 e. The fourth-order valence-electron chi connectivity index (χ4n) is 0.654. The molecular weight excluding hydrogens is 202 g/mol. The van der Waals surface area contributed by atoms with Crippen molar-refractivity contribution in [3.05, 3.63) is 24.3 Å². The normalized spacial score (nSPS) is 14.9. The maximum absolute atomic E-state index is 11.3. The number of halogens is 1. The average molecular weight is 208 g/mol. The predicted octanol–water partition coefficient (Wildman–Crippen LogP) is 1.77. The van der Waals surface area contributed by atoms with Crippen molar-refractivity contribution in [2.24, 2.45) is 0 Å². The SMILES string of the molecule is O=P(O)(OF)Oc1ccc(O)cc1. The number of phenolic OH excluding ortho intramolecular Hbond substituents is 1. The van der Waals surface area contributed by atoms with Gasteiger partial charge >= 0.3 is 7.82 Å². The fraction of sp³-hybridized carbons (Fsp3) is 0. The topological polar surface area (TPSA) is 76.0 Å². The lowest BCUT2D eigenvalue weighted by molar-refractivity contribution is -0.0363. The zero-order valence-corrected chi connectivity index (χ0v) is 7.15. The second-order valence-corrected chi connectivity index (χ2v) is 3.38. The van der Waals surface area contributed by atoms with Gasteiger partial charge in [-0.1, -0.05) is 4.73 Å². The lowest BCUT2D eigenvalue weighted by Crippen LogP contribution is -1.91. The summed E-state index contributed by atoms with van der Waals surface area (Å²) in [4.78, 5) is 8.52. The molecule has 0 bridgehead atoms. The van der Waals surface area contributed by atoms with Gasteiger partial charge in [-0.25, -0.2) is 4.57 Å². The van der Waals surface area contributed by atoms with Crippen LogP contribution >= 0.6 is 7.82 Å². The summed E-state index contributed by atoms with van der Waals surface area (Å²) in [6.07, 6.45) is 0. The fourth-order valence-corrected chi connectivity index (χ4v) is 1.07. The number of phosphoric acid groups is 1. The van der Waals surface area contributed by atoms with Crippen molar-refractivity contribution in [1.82, 2.24) is 0 Å². The molecule has 0 saturated carbocycles. The van der Waals surface area contributed by atoms with Crippen LogP contribution in [0, 0.1) is 0 Å². The van der Waals surface area contributed by atoms with Crippen molar-refractivity contribution < 1.29 is 28.3 Å². The standard InChI is InChI=1S/C6H6FO5P/c7-12-13(9,10)11-6-3-1-5(8)2-4-6/h1-4,8H,(H,9,10). The van der Waals surface area contributed by atoms with Gasteiger partial charge in [0.2, 0.25) is 0 Å². The van der Waals surface area contributed by atoms with E-state index in [2.05, 4.69) is 9.25 Å². The molecule has 7 heteroatoms. The molecule has 5 nitrogen and oxygen atoms in total. The largest absolute Gasteiger partial charge is 0.559 e. The Morgan fingerprint density at radius 1 is 1.31 bits per heavy atom. The smallest absolute Gasteiger partial charge is 0.508 e. The number of aromatic hydroxyl groups is 1. The first-order valence-corrected chi connectivity index (χ1v) is 4.65. The number of hydrogen-bond acceptors (Lipinski definition) is 4. The minimum absolute atomic E-state index is 0.0405.